The van der Waals surface area contributed by atoms with Crippen LogP contribution < -0.4 is 5.32 Å². The van der Waals surface area contributed by atoms with E-state index < -0.39 is 0 Å². The molecule has 1 aromatic heterocycles. The maximum Gasteiger partial charge on any atom is 0.230 e. The van der Waals surface area contributed by atoms with Crippen molar-refractivity contribution < 1.29 is 4.79 Å². The van der Waals surface area contributed by atoms with E-state index in [0.29, 0.717) is 0 Å². The second-order valence-electron chi connectivity index (χ2n) is 6.60. The lowest BCUT2D eigenvalue weighted by atomic mass is 9.90. The summed E-state index contributed by atoms with van der Waals surface area (Å²) in [5, 5.41) is 2.98. The Hall–Kier alpha value is -2.98. The molecule has 0 unspecified atom stereocenters. The second kappa shape index (κ2) is 7.50. The highest BCUT2D eigenvalue weighted by Gasteiger charge is 2.37. The summed E-state index contributed by atoms with van der Waals surface area (Å²) in [7, 11) is 0. The number of hydrogen-bond acceptors (Lipinski definition) is 3. The Morgan fingerprint density at radius 1 is 0.885 bits per heavy atom. The van der Waals surface area contributed by atoms with Crippen LogP contribution in [0.4, 0.5) is 5.69 Å². The van der Waals surface area contributed by atoms with Crippen LogP contribution in [0.5, 0.6) is 0 Å². The number of likely N-dealkylation sites (tertiary alicyclic amines) is 1. The highest BCUT2D eigenvalue weighted by atomic mass is 16.2. The number of carbonyl (C=O) groups excluding carboxylic acids is 1. The van der Waals surface area contributed by atoms with Crippen LogP contribution in [0, 0.1) is 5.92 Å². The highest BCUT2D eigenvalue weighted by Crippen LogP contribution is 2.34. The van der Waals surface area contributed by atoms with Gasteiger partial charge in [0.05, 0.1) is 12.0 Å². The van der Waals surface area contributed by atoms with Gasteiger partial charge in [-0.15, -0.1) is 0 Å². The number of pyridine rings is 1. The van der Waals surface area contributed by atoms with Gasteiger partial charge in [-0.1, -0.05) is 60.7 Å². The second-order valence-corrected chi connectivity index (χ2v) is 6.60. The van der Waals surface area contributed by atoms with Gasteiger partial charge in [0.1, 0.15) is 0 Å². The number of amides is 1. The standard InChI is InChI=1S/C22H21N3O/c26-22(24-20-11-13-23-14-12-20)19-15-25(16-19)21(17-7-3-1-4-8-17)18-9-5-2-6-10-18/h1-14,19,21H,15-16H2,(H,23,24,26). The van der Waals surface area contributed by atoms with Gasteiger partial charge in [-0.05, 0) is 23.3 Å². The number of nitrogens with zero attached hydrogens (tertiary/aromatic N) is 2. The minimum absolute atomic E-state index is 0.0121. The normalized spacial score (nSPS) is 14.8. The van der Waals surface area contributed by atoms with Gasteiger partial charge in [-0.3, -0.25) is 14.7 Å². The van der Waals surface area contributed by atoms with E-state index in [9.17, 15) is 4.79 Å². The zero-order chi connectivity index (χ0) is 17.8. The Labute approximate surface area is 153 Å². The van der Waals surface area contributed by atoms with Crippen LogP contribution in [-0.2, 0) is 4.79 Å². The number of rotatable bonds is 5. The minimum Gasteiger partial charge on any atom is -0.326 e. The van der Waals surface area contributed by atoms with E-state index in [4.69, 9.17) is 0 Å². The largest absolute Gasteiger partial charge is 0.326 e. The predicted molar refractivity (Wildman–Crippen MR) is 103 cm³/mol. The molecule has 26 heavy (non-hydrogen) atoms. The van der Waals surface area contributed by atoms with Crippen molar-refractivity contribution in [1.29, 1.82) is 0 Å². The third-order valence-electron chi connectivity index (χ3n) is 4.82. The molecule has 1 fully saturated rings. The fraction of sp³-hybridized carbons (Fsp3) is 0.182. The number of carbonyl (C=O) groups is 1. The predicted octanol–water partition coefficient (Wildman–Crippen LogP) is 3.74. The Morgan fingerprint density at radius 2 is 1.42 bits per heavy atom. The Morgan fingerprint density at radius 3 is 1.96 bits per heavy atom. The van der Waals surface area contributed by atoms with Gasteiger partial charge in [0.15, 0.2) is 0 Å². The number of benzene rings is 2. The molecule has 1 amide bonds. The molecule has 4 rings (SSSR count). The van der Waals surface area contributed by atoms with Crippen molar-refractivity contribution in [3.63, 3.8) is 0 Å². The van der Waals surface area contributed by atoms with Gasteiger partial charge in [0.2, 0.25) is 5.91 Å². The fourth-order valence-corrected chi connectivity index (χ4v) is 3.45. The van der Waals surface area contributed by atoms with Gasteiger partial charge >= 0.3 is 0 Å². The third-order valence-corrected chi connectivity index (χ3v) is 4.82. The van der Waals surface area contributed by atoms with E-state index in [-0.39, 0.29) is 17.9 Å². The lowest BCUT2D eigenvalue weighted by Crippen LogP contribution is -2.53. The third kappa shape index (κ3) is 3.51. The summed E-state index contributed by atoms with van der Waals surface area (Å²) in [6, 6.07) is 24.8. The first kappa shape index (κ1) is 16.5. The summed E-state index contributed by atoms with van der Waals surface area (Å²) in [5.74, 6) is 0.0883. The summed E-state index contributed by atoms with van der Waals surface area (Å²) in [5.41, 5.74) is 3.31. The van der Waals surface area contributed by atoms with E-state index in [2.05, 4.69) is 63.7 Å². The van der Waals surface area contributed by atoms with Gasteiger partial charge in [-0.2, -0.15) is 0 Å². The molecular weight excluding hydrogens is 322 g/mol. The Bertz CT molecular complexity index is 807. The average molecular weight is 343 g/mol. The summed E-state index contributed by atoms with van der Waals surface area (Å²) in [6.07, 6.45) is 3.37. The smallest absolute Gasteiger partial charge is 0.230 e. The molecule has 1 N–H and O–H groups in total. The lowest BCUT2D eigenvalue weighted by molar-refractivity contribution is -0.125. The average Bonchev–Trinajstić information content (AvgIpc) is 2.66. The van der Waals surface area contributed by atoms with E-state index in [1.165, 1.54) is 11.1 Å². The molecule has 0 spiro atoms. The lowest BCUT2D eigenvalue weighted by Gasteiger charge is -2.44. The van der Waals surface area contributed by atoms with E-state index in [1.54, 1.807) is 12.4 Å². The van der Waals surface area contributed by atoms with Crippen molar-refractivity contribution in [1.82, 2.24) is 9.88 Å². The van der Waals surface area contributed by atoms with Crippen molar-refractivity contribution in [2.75, 3.05) is 18.4 Å². The maximum atomic E-state index is 12.5. The first-order valence-corrected chi connectivity index (χ1v) is 8.86. The zero-order valence-corrected chi connectivity index (χ0v) is 14.5. The molecule has 4 heteroatoms. The Balaban J connectivity index is 1.47. The topological polar surface area (TPSA) is 45.2 Å². The number of aromatic nitrogens is 1. The van der Waals surface area contributed by atoms with Crippen molar-refractivity contribution in [2.24, 2.45) is 5.92 Å². The van der Waals surface area contributed by atoms with Crippen molar-refractivity contribution in [2.45, 2.75) is 6.04 Å². The molecule has 2 aromatic carbocycles. The molecule has 130 valence electrons. The summed E-state index contributed by atoms with van der Waals surface area (Å²) in [4.78, 5) is 18.8. The first-order chi connectivity index (χ1) is 12.8. The van der Waals surface area contributed by atoms with Crippen LogP contribution in [-0.4, -0.2) is 28.9 Å². The summed E-state index contributed by atoms with van der Waals surface area (Å²) < 4.78 is 0. The Kier molecular flexibility index (Phi) is 4.75. The number of hydrogen-bond donors (Lipinski definition) is 1. The molecule has 0 bridgehead atoms. The van der Waals surface area contributed by atoms with E-state index in [0.717, 1.165) is 18.8 Å². The van der Waals surface area contributed by atoms with Crippen molar-refractivity contribution in [3.8, 4) is 0 Å². The zero-order valence-electron chi connectivity index (χ0n) is 14.5. The molecule has 1 aliphatic rings. The van der Waals surface area contributed by atoms with Crippen LogP contribution in [0.3, 0.4) is 0 Å². The molecule has 0 radical (unpaired) electrons. The molecule has 4 nitrogen and oxygen atoms in total. The van der Waals surface area contributed by atoms with Crippen molar-refractivity contribution >= 4 is 11.6 Å². The van der Waals surface area contributed by atoms with E-state index in [1.807, 2.05) is 24.3 Å². The minimum atomic E-state index is 0.0121. The van der Waals surface area contributed by atoms with Crippen LogP contribution in [0.2, 0.25) is 0 Å². The molecule has 2 heterocycles. The quantitative estimate of drug-likeness (QED) is 0.767. The molecule has 0 atom stereocenters. The van der Waals surface area contributed by atoms with Crippen LogP contribution in [0.25, 0.3) is 0 Å². The van der Waals surface area contributed by atoms with Gasteiger partial charge < -0.3 is 5.32 Å². The molecule has 1 saturated heterocycles. The van der Waals surface area contributed by atoms with Crippen LogP contribution >= 0.6 is 0 Å². The fourth-order valence-electron chi connectivity index (χ4n) is 3.45. The number of anilines is 1. The summed E-state index contributed by atoms with van der Waals surface area (Å²) in [6.45, 7) is 1.51. The SMILES string of the molecule is O=C(Nc1ccncc1)C1CN(C(c2ccccc2)c2ccccc2)C1. The van der Waals surface area contributed by atoms with Gasteiger partial charge in [-0.25, -0.2) is 0 Å². The van der Waals surface area contributed by atoms with Crippen LogP contribution in [0.1, 0.15) is 17.2 Å². The highest BCUT2D eigenvalue weighted by molar-refractivity contribution is 5.93. The molecule has 1 aliphatic heterocycles. The number of nitrogens with one attached hydrogen (secondary N) is 1. The molecule has 3 aromatic rings. The van der Waals surface area contributed by atoms with Gasteiger partial charge in [0, 0.05) is 31.2 Å². The first-order valence-electron chi connectivity index (χ1n) is 8.86. The molecule has 0 saturated carbocycles. The molecular formula is C22H21N3O. The van der Waals surface area contributed by atoms with Crippen LogP contribution in [0.15, 0.2) is 85.2 Å². The molecule has 0 aliphatic carbocycles. The van der Waals surface area contributed by atoms with Crippen molar-refractivity contribution in [3.05, 3.63) is 96.3 Å². The van der Waals surface area contributed by atoms with E-state index >= 15 is 0 Å². The monoisotopic (exact) mass is 343 g/mol. The maximum absolute atomic E-state index is 12.5. The van der Waals surface area contributed by atoms with Gasteiger partial charge in [0.25, 0.3) is 0 Å². The summed E-state index contributed by atoms with van der Waals surface area (Å²) >= 11 is 0.